The second-order valence-corrected chi connectivity index (χ2v) is 5.36. The highest BCUT2D eigenvalue weighted by atomic mass is 79.9. The number of aliphatic hydroxyl groups is 1. The molecule has 1 N–H and O–H groups in total. The Balaban J connectivity index is 2.31. The van der Waals surface area contributed by atoms with Crippen molar-refractivity contribution in [3.63, 3.8) is 0 Å². The van der Waals surface area contributed by atoms with E-state index in [4.69, 9.17) is 5.11 Å². The molecule has 0 unspecified atom stereocenters. The summed E-state index contributed by atoms with van der Waals surface area (Å²) in [6.07, 6.45) is 0.849. The van der Waals surface area contributed by atoms with Gasteiger partial charge in [0.05, 0.1) is 3.79 Å². The second kappa shape index (κ2) is 5.75. The van der Waals surface area contributed by atoms with E-state index in [0.717, 1.165) is 19.5 Å². The summed E-state index contributed by atoms with van der Waals surface area (Å²) in [5.41, 5.74) is 1.33. The van der Waals surface area contributed by atoms with E-state index in [1.807, 2.05) is 0 Å². The Hall–Kier alpha value is 0.100. The van der Waals surface area contributed by atoms with Crippen LogP contribution >= 0.6 is 27.3 Å². The van der Waals surface area contributed by atoms with Gasteiger partial charge in [-0.2, -0.15) is 0 Å². The van der Waals surface area contributed by atoms with Crippen molar-refractivity contribution in [2.45, 2.75) is 13.0 Å². The maximum absolute atomic E-state index is 8.65. The van der Waals surface area contributed by atoms with E-state index in [9.17, 15) is 0 Å². The van der Waals surface area contributed by atoms with Gasteiger partial charge >= 0.3 is 0 Å². The van der Waals surface area contributed by atoms with Gasteiger partial charge < -0.3 is 10.0 Å². The first kappa shape index (κ1) is 11.2. The first-order valence-electron chi connectivity index (χ1n) is 4.24. The van der Waals surface area contributed by atoms with E-state index in [-0.39, 0.29) is 6.61 Å². The molecule has 2 nitrogen and oxygen atoms in total. The largest absolute Gasteiger partial charge is 0.396 e. The molecular formula is C9H14BrNOS. The van der Waals surface area contributed by atoms with Crippen molar-refractivity contribution in [1.29, 1.82) is 0 Å². The Kier molecular flexibility index (Phi) is 4.94. The van der Waals surface area contributed by atoms with E-state index >= 15 is 0 Å². The lowest BCUT2D eigenvalue weighted by Gasteiger charge is -2.14. The van der Waals surface area contributed by atoms with Crippen molar-refractivity contribution in [2.24, 2.45) is 0 Å². The fraction of sp³-hybridized carbons (Fsp3) is 0.556. The highest BCUT2D eigenvalue weighted by molar-refractivity contribution is 9.11. The summed E-state index contributed by atoms with van der Waals surface area (Å²) in [4.78, 5) is 2.21. The molecule has 0 saturated carbocycles. The van der Waals surface area contributed by atoms with Crippen LogP contribution in [-0.4, -0.2) is 30.2 Å². The van der Waals surface area contributed by atoms with Crippen LogP contribution in [0.4, 0.5) is 0 Å². The first-order valence-corrected chi connectivity index (χ1v) is 5.92. The molecule has 74 valence electrons. The summed E-state index contributed by atoms with van der Waals surface area (Å²) in [7, 11) is 2.07. The average Bonchev–Trinajstić information content (AvgIpc) is 2.48. The van der Waals surface area contributed by atoms with Crippen LogP contribution in [0.5, 0.6) is 0 Å². The molecule has 0 saturated heterocycles. The second-order valence-electron chi connectivity index (χ2n) is 3.07. The Labute approximate surface area is 91.3 Å². The van der Waals surface area contributed by atoms with Crippen molar-refractivity contribution < 1.29 is 5.11 Å². The Morgan fingerprint density at radius 2 is 2.38 bits per heavy atom. The topological polar surface area (TPSA) is 23.5 Å². The van der Waals surface area contributed by atoms with E-state index in [0.29, 0.717) is 0 Å². The van der Waals surface area contributed by atoms with Gasteiger partial charge in [0, 0.05) is 19.7 Å². The fourth-order valence-corrected chi connectivity index (χ4v) is 2.36. The van der Waals surface area contributed by atoms with Gasteiger partial charge in [-0.3, -0.25) is 0 Å². The molecule has 1 heterocycles. The Morgan fingerprint density at radius 1 is 1.62 bits per heavy atom. The number of aliphatic hydroxyl groups excluding tert-OH is 1. The highest BCUT2D eigenvalue weighted by Crippen LogP contribution is 2.21. The Morgan fingerprint density at radius 3 is 2.92 bits per heavy atom. The molecular weight excluding hydrogens is 250 g/mol. The summed E-state index contributed by atoms with van der Waals surface area (Å²) in [6, 6.07) is 2.14. The molecule has 0 bridgehead atoms. The molecule has 0 aliphatic rings. The van der Waals surface area contributed by atoms with E-state index in [1.54, 1.807) is 11.3 Å². The molecule has 0 aromatic carbocycles. The zero-order valence-corrected chi connectivity index (χ0v) is 10.1. The molecule has 0 atom stereocenters. The van der Waals surface area contributed by atoms with Crippen molar-refractivity contribution in [1.82, 2.24) is 4.90 Å². The maximum atomic E-state index is 8.65. The average molecular weight is 264 g/mol. The molecule has 0 aliphatic heterocycles. The van der Waals surface area contributed by atoms with Gasteiger partial charge in [0.25, 0.3) is 0 Å². The number of hydrogen-bond acceptors (Lipinski definition) is 3. The SMILES string of the molecule is CN(CCCO)Cc1csc(Br)c1. The smallest absolute Gasteiger partial charge is 0.0701 e. The molecule has 0 aliphatic carbocycles. The lowest BCUT2D eigenvalue weighted by Crippen LogP contribution is -2.19. The summed E-state index contributed by atoms with van der Waals surface area (Å²) in [5.74, 6) is 0. The predicted octanol–water partition coefficient (Wildman–Crippen LogP) is 2.32. The number of nitrogens with zero attached hydrogens (tertiary/aromatic N) is 1. The van der Waals surface area contributed by atoms with Crippen molar-refractivity contribution in [3.05, 3.63) is 20.8 Å². The van der Waals surface area contributed by atoms with Crippen LogP contribution in [0.25, 0.3) is 0 Å². The van der Waals surface area contributed by atoms with Crippen LogP contribution in [0.2, 0.25) is 0 Å². The molecule has 1 aromatic rings. The lowest BCUT2D eigenvalue weighted by atomic mass is 10.3. The van der Waals surface area contributed by atoms with E-state index < -0.39 is 0 Å². The standard InChI is InChI=1S/C9H14BrNOS/c1-11(3-2-4-12)6-8-5-9(10)13-7-8/h5,7,12H,2-4,6H2,1H3. The third-order valence-corrected chi connectivity index (χ3v) is 3.33. The number of thiophene rings is 1. The van der Waals surface area contributed by atoms with Crippen LogP contribution in [0.15, 0.2) is 15.2 Å². The highest BCUT2D eigenvalue weighted by Gasteiger charge is 2.01. The fourth-order valence-electron chi connectivity index (χ4n) is 1.16. The summed E-state index contributed by atoms with van der Waals surface area (Å²) in [5, 5.41) is 10.8. The Bertz CT molecular complexity index is 252. The van der Waals surface area contributed by atoms with Crippen LogP contribution in [0.1, 0.15) is 12.0 Å². The minimum Gasteiger partial charge on any atom is -0.396 e. The molecule has 1 aromatic heterocycles. The van der Waals surface area contributed by atoms with Crippen molar-refractivity contribution in [2.75, 3.05) is 20.2 Å². The van der Waals surface area contributed by atoms with Gasteiger partial charge in [-0.15, -0.1) is 11.3 Å². The minimum atomic E-state index is 0.275. The third kappa shape index (κ3) is 4.22. The van der Waals surface area contributed by atoms with Gasteiger partial charge in [-0.1, -0.05) is 0 Å². The molecule has 0 radical (unpaired) electrons. The molecule has 13 heavy (non-hydrogen) atoms. The number of hydrogen-bond donors (Lipinski definition) is 1. The van der Waals surface area contributed by atoms with E-state index in [1.165, 1.54) is 9.35 Å². The summed E-state index contributed by atoms with van der Waals surface area (Å²) < 4.78 is 1.18. The van der Waals surface area contributed by atoms with Crippen LogP contribution < -0.4 is 0 Å². The zero-order valence-electron chi connectivity index (χ0n) is 7.66. The van der Waals surface area contributed by atoms with Crippen LogP contribution in [-0.2, 0) is 6.54 Å². The summed E-state index contributed by atoms with van der Waals surface area (Å²) in [6.45, 7) is 2.18. The third-order valence-electron chi connectivity index (χ3n) is 1.77. The monoisotopic (exact) mass is 263 g/mol. The van der Waals surface area contributed by atoms with Gasteiger partial charge in [0.2, 0.25) is 0 Å². The quantitative estimate of drug-likeness (QED) is 0.882. The molecule has 0 fully saturated rings. The zero-order chi connectivity index (χ0) is 9.68. The van der Waals surface area contributed by atoms with Crippen LogP contribution in [0, 0.1) is 0 Å². The number of halogens is 1. The van der Waals surface area contributed by atoms with Gasteiger partial charge in [0.15, 0.2) is 0 Å². The lowest BCUT2D eigenvalue weighted by molar-refractivity contribution is 0.244. The van der Waals surface area contributed by atoms with Crippen molar-refractivity contribution >= 4 is 27.3 Å². The minimum absolute atomic E-state index is 0.275. The van der Waals surface area contributed by atoms with Gasteiger partial charge in [-0.05, 0) is 46.4 Å². The molecule has 1 rings (SSSR count). The number of rotatable bonds is 5. The first-order chi connectivity index (χ1) is 6.22. The normalized spacial score (nSPS) is 11.1. The van der Waals surface area contributed by atoms with Gasteiger partial charge in [0.1, 0.15) is 0 Å². The molecule has 0 amide bonds. The van der Waals surface area contributed by atoms with Crippen molar-refractivity contribution in [3.8, 4) is 0 Å². The molecule has 0 spiro atoms. The maximum Gasteiger partial charge on any atom is 0.0701 e. The van der Waals surface area contributed by atoms with Crippen LogP contribution in [0.3, 0.4) is 0 Å². The summed E-state index contributed by atoms with van der Waals surface area (Å²) >= 11 is 5.15. The predicted molar refractivity (Wildman–Crippen MR) is 60.1 cm³/mol. The molecule has 4 heteroatoms. The van der Waals surface area contributed by atoms with E-state index in [2.05, 4.69) is 39.3 Å². The van der Waals surface area contributed by atoms with Gasteiger partial charge in [-0.25, -0.2) is 0 Å².